The molecule has 0 spiro atoms. The molecule has 32 heavy (non-hydrogen) atoms. The number of rotatable bonds is 7. The van der Waals surface area contributed by atoms with Crippen molar-refractivity contribution in [3.8, 4) is 5.69 Å². The molecular weight excluding hydrogens is 411 g/mol. The van der Waals surface area contributed by atoms with Crippen LogP contribution in [0.15, 0.2) is 64.3 Å². The van der Waals surface area contributed by atoms with E-state index in [1.54, 1.807) is 6.20 Å². The average molecular weight is 436 g/mol. The first-order valence-corrected chi connectivity index (χ1v) is 10.6. The van der Waals surface area contributed by atoms with Gasteiger partial charge in [0.2, 0.25) is 0 Å². The van der Waals surface area contributed by atoms with Gasteiger partial charge >= 0.3 is 5.69 Å². The van der Waals surface area contributed by atoms with E-state index in [-0.39, 0.29) is 29.2 Å². The molecule has 0 radical (unpaired) electrons. The van der Waals surface area contributed by atoms with E-state index in [4.69, 9.17) is 4.74 Å². The number of nitrogens with zero attached hydrogens (tertiary/aromatic N) is 4. The smallest absolute Gasteiger partial charge is 0.350 e. The Balaban J connectivity index is 1.75. The standard InChI is InChI=1S/C24H25FN4O3/c1-4-27-23(15-32-14-17-8-6-5-7-9-17)26-29(24(27)31)21-13-20-18(12-19(21)25)22(30)10-11-28(20)16(2)3/h5-13,16H,4,14-15H2,1-3H3. The molecular formula is C24H25FN4O3. The molecule has 4 rings (SSSR count). The van der Waals surface area contributed by atoms with E-state index < -0.39 is 11.5 Å². The number of hydrogen-bond donors (Lipinski definition) is 0. The first kappa shape index (κ1) is 21.7. The number of ether oxygens (including phenoxy) is 1. The largest absolute Gasteiger partial charge is 0.369 e. The van der Waals surface area contributed by atoms with Crippen molar-refractivity contribution in [1.82, 2.24) is 18.9 Å². The van der Waals surface area contributed by atoms with Gasteiger partial charge in [-0.3, -0.25) is 9.36 Å². The average Bonchev–Trinajstić information content (AvgIpc) is 3.09. The van der Waals surface area contributed by atoms with Crippen LogP contribution in [0.3, 0.4) is 0 Å². The third-order valence-corrected chi connectivity index (χ3v) is 5.38. The number of aromatic nitrogens is 4. The SMILES string of the molecule is CCn1c(COCc2ccccc2)nn(-c2cc3c(cc2F)c(=O)ccn3C(C)C)c1=O. The Hall–Kier alpha value is -3.52. The first-order chi connectivity index (χ1) is 15.4. The van der Waals surface area contributed by atoms with E-state index in [9.17, 15) is 9.59 Å². The molecule has 0 unspecified atom stereocenters. The quantitative estimate of drug-likeness (QED) is 0.442. The molecule has 2 heterocycles. The molecule has 0 aliphatic heterocycles. The second-order valence-electron chi connectivity index (χ2n) is 7.84. The van der Waals surface area contributed by atoms with Gasteiger partial charge < -0.3 is 9.30 Å². The van der Waals surface area contributed by atoms with Crippen LogP contribution in [0, 0.1) is 5.82 Å². The molecule has 0 fully saturated rings. The molecule has 2 aromatic heterocycles. The van der Waals surface area contributed by atoms with Crippen LogP contribution < -0.4 is 11.1 Å². The predicted molar refractivity (Wildman–Crippen MR) is 121 cm³/mol. The zero-order valence-corrected chi connectivity index (χ0v) is 18.3. The third-order valence-electron chi connectivity index (χ3n) is 5.38. The van der Waals surface area contributed by atoms with Crippen LogP contribution in [0.4, 0.5) is 4.39 Å². The van der Waals surface area contributed by atoms with Gasteiger partial charge in [0, 0.05) is 30.2 Å². The lowest BCUT2D eigenvalue weighted by atomic mass is 10.1. The van der Waals surface area contributed by atoms with Gasteiger partial charge in [-0.2, -0.15) is 4.68 Å². The summed E-state index contributed by atoms with van der Waals surface area (Å²) in [6.07, 6.45) is 1.67. The van der Waals surface area contributed by atoms with Crippen molar-refractivity contribution in [3.05, 3.63) is 92.6 Å². The van der Waals surface area contributed by atoms with Crippen LogP contribution in [0.1, 0.15) is 38.2 Å². The highest BCUT2D eigenvalue weighted by molar-refractivity contribution is 5.81. The van der Waals surface area contributed by atoms with Crippen molar-refractivity contribution in [3.63, 3.8) is 0 Å². The molecule has 0 aliphatic carbocycles. The summed E-state index contributed by atoms with van der Waals surface area (Å²) in [6, 6.07) is 13.8. The minimum atomic E-state index is -0.685. The Bertz CT molecular complexity index is 1370. The van der Waals surface area contributed by atoms with Gasteiger partial charge in [0.05, 0.1) is 12.1 Å². The number of fused-ring (bicyclic) bond motifs is 1. The Morgan fingerprint density at radius 3 is 2.50 bits per heavy atom. The second-order valence-corrected chi connectivity index (χ2v) is 7.84. The molecule has 0 saturated carbocycles. The number of halogens is 1. The lowest BCUT2D eigenvalue weighted by Crippen LogP contribution is -2.25. The summed E-state index contributed by atoms with van der Waals surface area (Å²) in [5, 5.41) is 4.62. The Labute approximate surface area is 184 Å². The molecule has 7 nitrogen and oxygen atoms in total. The lowest BCUT2D eigenvalue weighted by Gasteiger charge is -2.15. The minimum absolute atomic E-state index is 0.000917. The molecule has 0 saturated heterocycles. The molecule has 0 aliphatic rings. The summed E-state index contributed by atoms with van der Waals surface area (Å²) in [5.41, 5.74) is 0.814. The molecule has 0 atom stereocenters. The van der Waals surface area contributed by atoms with Crippen molar-refractivity contribution in [2.45, 2.75) is 46.6 Å². The topological polar surface area (TPSA) is 71.0 Å². The minimum Gasteiger partial charge on any atom is -0.369 e. The Morgan fingerprint density at radius 2 is 1.81 bits per heavy atom. The van der Waals surface area contributed by atoms with Crippen molar-refractivity contribution < 1.29 is 9.13 Å². The summed E-state index contributed by atoms with van der Waals surface area (Å²) in [4.78, 5) is 25.3. The zero-order chi connectivity index (χ0) is 22.8. The van der Waals surface area contributed by atoms with Crippen LogP contribution in [0.5, 0.6) is 0 Å². The molecule has 2 aromatic carbocycles. The highest BCUT2D eigenvalue weighted by Gasteiger charge is 2.19. The van der Waals surface area contributed by atoms with Gasteiger partial charge in [-0.05, 0) is 38.5 Å². The van der Waals surface area contributed by atoms with Crippen molar-refractivity contribution in [1.29, 1.82) is 0 Å². The number of pyridine rings is 1. The molecule has 4 aromatic rings. The van der Waals surface area contributed by atoms with Crippen LogP contribution in [0.2, 0.25) is 0 Å². The normalized spacial score (nSPS) is 11.5. The fourth-order valence-electron chi connectivity index (χ4n) is 3.75. The predicted octanol–water partition coefficient (Wildman–Crippen LogP) is 3.81. The maximum Gasteiger partial charge on any atom is 0.350 e. The van der Waals surface area contributed by atoms with E-state index >= 15 is 4.39 Å². The monoisotopic (exact) mass is 436 g/mol. The van der Waals surface area contributed by atoms with E-state index in [1.165, 1.54) is 22.8 Å². The number of hydrogen-bond acceptors (Lipinski definition) is 4. The second kappa shape index (κ2) is 8.92. The summed E-state index contributed by atoms with van der Waals surface area (Å²) in [6.45, 7) is 6.60. The van der Waals surface area contributed by atoms with E-state index in [1.807, 2.05) is 55.7 Å². The molecule has 166 valence electrons. The molecule has 0 amide bonds. The van der Waals surface area contributed by atoms with Gasteiger partial charge in [-0.25, -0.2) is 9.18 Å². The number of benzene rings is 2. The molecule has 0 N–H and O–H groups in total. The zero-order valence-electron chi connectivity index (χ0n) is 18.3. The maximum absolute atomic E-state index is 15.0. The maximum atomic E-state index is 15.0. The summed E-state index contributed by atoms with van der Waals surface area (Å²) < 4.78 is 25.1. The third kappa shape index (κ3) is 4.01. The fourth-order valence-corrected chi connectivity index (χ4v) is 3.75. The van der Waals surface area contributed by atoms with E-state index in [0.717, 1.165) is 10.2 Å². The summed E-state index contributed by atoms with van der Waals surface area (Å²) in [7, 11) is 0. The Morgan fingerprint density at radius 1 is 1.06 bits per heavy atom. The van der Waals surface area contributed by atoms with Gasteiger partial charge in [0.15, 0.2) is 11.3 Å². The first-order valence-electron chi connectivity index (χ1n) is 10.6. The van der Waals surface area contributed by atoms with Gasteiger partial charge in [0.25, 0.3) is 0 Å². The highest BCUT2D eigenvalue weighted by atomic mass is 19.1. The van der Waals surface area contributed by atoms with Crippen LogP contribution in [0.25, 0.3) is 16.6 Å². The summed E-state index contributed by atoms with van der Waals surface area (Å²) >= 11 is 0. The lowest BCUT2D eigenvalue weighted by molar-refractivity contribution is 0.0989. The van der Waals surface area contributed by atoms with Crippen molar-refractivity contribution in [2.75, 3.05) is 0 Å². The van der Waals surface area contributed by atoms with Gasteiger partial charge in [-0.15, -0.1) is 5.10 Å². The van der Waals surface area contributed by atoms with Crippen LogP contribution >= 0.6 is 0 Å². The van der Waals surface area contributed by atoms with Gasteiger partial charge in [0.1, 0.15) is 18.1 Å². The van der Waals surface area contributed by atoms with Gasteiger partial charge in [-0.1, -0.05) is 30.3 Å². The van der Waals surface area contributed by atoms with E-state index in [2.05, 4.69) is 5.10 Å². The molecule has 0 bridgehead atoms. The van der Waals surface area contributed by atoms with Crippen LogP contribution in [-0.4, -0.2) is 18.9 Å². The highest BCUT2D eigenvalue weighted by Crippen LogP contribution is 2.22. The van der Waals surface area contributed by atoms with Crippen molar-refractivity contribution >= 4 is 10.9 Å². The Kier molecular flexibility index (Phi) is 6.05. The summed E-state index contributed by atoms with van der Waals surface area (Å²) in [5.74, 6) is -0.280. The fraction of sp³-hybridized carbons (Fsp3) is 0.292. The molecule has 8 heteroatoms. The van der Waals surface area contributed by atoms with Crippen LogP contribution in [-0.2, 0) is 24.5 Å². The van der Waals surface area contributed by atoms with Crippen molar-refractivity contribution in [2.24, 2.45) is 0 Å². The van der Waals surface area contributed by atoms with E-state index in [0.29, 0.717) is 24.5 Å².